The van der Waals surface area contributed by atoms with Gasteiger partial charge in [0.15, 0.2) is 0 Å². The van der Waals surface area contributed by atoms with Crippen LogP contribution in [0.15, 0.2) is 0 Å². The SMILES string of the molecule is CCC(C)C1CCCCC(N)C1. The summed E-state index contributed by atoms with van der Waals surface area (Å²) in [4.78, 5) is 0. The molecule has 3 unspecified atom stereocenters. The number of hydrogen-bond acceptors (Lipinski definition) is 1. The first kappa shape index (κ1) is 10.0. The fourth-order valence-electron chi connectivity index (χ4n) is 2.29. The van der Waals surface area contributed by atoms with Crippen molar-refractivity contribution < 1.29 is 0 Å². The van der Waals surface area contributed by atoms with Crippen LogP contribution < -0.4 is 5.73 Å². The fraction of sp³-hybridized carbons (Fsp3) is 1.00. The summed E-state index contributed by atoms with van der Waals surface area (Å²) < 4.78 is 0. The maximum Gasteiger partial charge on any atom is 0.00415 e. The Hall–Kier alpha value is -0.0400. The molecule has 3 atom stereocenters. The van der Waals surface area contributed by atoms with Crippen LogP contribution >= 0.6 is 0 Å². The molecule has 2 N–H and O–H groups in total. The summed E-state index contributed by atoms with van der Waals surface area (Å²) in [6, 6.07) is 0.492. The van der Waals surface area contributed by atoms with E-state index in [9.17, 15) is 0 Å². The van der Waals surface area contributed by atoms with E-state index in [0.29, 0.717) is 6.04 Å². The van der Waals surface area contributed by atoms with Crippen LogP contribution in [0.1, 0.15) is 52.4 Å². The van der Waals surface area contributed by atoms with Gasteiger partial charge in [-0.05, 0) is 24.7 Å². The van der Waals surface area contributed by atoms with Gasteiger partial charge in [-0.15, -0.1) is 0 Å². The molecular weight excluding hydrogens is 146 g/mol. The van der Waals surface area contributed by atoms with Gasteiger partial charge in [-0.2, -0.15) is 0 Å². The van der Waals surface area contributed by atoms with Gasteiger partial charge in [-0.3, -0.25) is 0 Å². The summed E-state index contributed by atoms with van der Waals surface area (Å²) >= 11 is 0. The first-order valence-corrected chi connectivity index (χ1v) is 5.49. The predicted octanol–water partition coefficient (Wildman–Crippen LogP) is 2.94. The Balaban J connectivity index is 2.40. The zero-order chi connectivity index (χ0) is 8.97. The van der Waals surface area contributed by atoms with Crippen molar-refractivity contribution in [2.45, 2.75) is 58.4 Å². The first-order chi connectivity index (χ1) is 5.74. The summed E-state index contributed by atoms with van der Waals surface area (Å²) in [6.07, 6.45) is 8.03. The quantitative estimate of drug-likeness (QED) is 0.632. The van der Waals surface area contributed by atoms with Crippen molar-refractivity contribution in [1.29, 1.82) is 0 Å². The van der Waals surface area contributed by atoms with E-state index in [0.717, 1.165) is 11.8 Å². The molecule has 1 aliphatic carbocycles. The maximum absolute atomic E-state index is 6.02. The molecule has 1 nitrogen and oxygen atoms in total. The van der Waals surface area contributed by atoms with Crippen molar-refractivity contribution in [3.05, 3.63) is 0 Å². The molecule has 1 rings (SSSR count). The molecule has 1 aliphatic rings. The second-order valence-corrected chi connectivity index (χ2v) is 4.43. The lowest BCUT2D eigenvalue weighted by molar-refractivity contribution is 0.301. The largest absolute Gasteiger partial charge is 0.328 e. The van der Waals surface area contributed by atoms with E-state index >= 15 is 0 Å². The Morgan fingerprint density at radius 1 is 1.33 bits per heavy atom. The predicted molar refractivity (Wildman–Crippen MR) is 54.0 cm³/mol. The van der Waals surface area contributed by atoms with Gasteiger partial charge in [0.25, 0.3) is 0 Å². The van der Waals surface area contributed by atoms with E-state index in [1.165, 1.54) is 38.5 Å². The minimum Gasteiger partial charge on any atom is -0.328 e. The summed E-state index contributed by atoms with van der Waals surface area (Å²) in [5.74, 6) is 1.79. The van der Waals surface area contributed by atoms with Crippen LogP contribution in [-0.2, 0) is 0 Å². The lowest BCUT2D eigenvalue weighted by atomic mass is 9.85. The van der Waals surface area contributed by atoms with Crippen LogP contribution in [0.4, 0.5) is 0 Å². The van der Waals surface area contributed by atoms with Gasteiger partial charge in [0.05, 0.1) is 0 Å². The Morgan fingerprint density at radius 3 is 2.67 bits per heavy atom. The standard InChI is InChI=1S/C11H23N/c1-3-9(2)10-6-4-5-7-11(12)8-10/h9-11H,3-8,12H2,1-2H3. The monoisotopic (exact) mass is 169 g/mol. The molecule has 0 aliphatic heterocycles. The van der Waals surface area contributed by atoms with Crippen molar-refractivity contribution >= 4 is 0 Å². The third kappa shape index (κ3) is 2.78. The van der Waals surface area contributed by atoms with Gasteiger partial charge in [0, 0.05) is 6.04 Å². The number of hydrogen-bond donors (Lipinski definition) is 1. The van der Waals surface area contributed by atoms with Crippen LogP contribution in [0.25, 0.3) is 0 Å². The molecule has 0 radical (unpaired) electrons. The molecule has 0 amide bonds. The minimum absolute atomic E-state index is 0.492. The van der Waals surface area contributed by atoms with Crippen molar-refractivity contribution in [3.63, 3.8) is 0 Å². The topological polar surface area (TPSA) is 26.0 Å². The highest BCUT2D eigenvalue weighted by Gasteiger charge is 2.21. The zero-order valence-electron chi connectivity index (χ0n) is 8.55. The molecule has 0 saturated heterocycles. The van der Waals surface area contributed by atoms with Crippen LogP contribution in [0.5, 0.6) is 0 Å². The lowest BCUT2D eigenvalue weighted by Crippen LogP contribution is -2.24. The molecule has 0 aromatic carbocycles. The van der Waals surface area contributed by atoms with Crippen molar-refractivity contribution in [2.24, 2.45) is 17.6 Å². The van der Waals surface area contributed by atoms with Gasteiger partial charge in [-0.1, -0.05) is 39.5 Å². The third-order valence-electron chi connectivity index (χ3n) is 3.45. The Morgan fingerprint density at radius 2 is 2.00 bits per heavy atom. The summed E-state index contributed by atoms with van der Waals surface area (Å²) in [5.41, 5.74) is 6.02. The molecule has 0 spiro atoms. The van der Waals surface area contributed by atoms with Crippen LogP contribution in [-0.4, -0.2) is 6.04 Å². The maximum atomic E-state index is 6.02. The van der Waals surface area contributed by atoms with Gasteiger partial charge < -0.3 is 5.73 Å². The fourth-order valence-corrected chi connectivity index (χ4v) is 2.29. The molecule has 1 heteroatoms. The molecule has 12 heavy (non-hydrogen) atoms. The number of nitrogens with two attached hydrogens (primary N) is 1. The second kappa shape index (κ2) is 4.86. The molecule has 0 aromatic rings. The Kier molecular flexibility index (Phi) is 4.07. The van der Waals surface area contributed by atoms with Crippen LogP contribution in [0, 0.1) is 11.8 Å². The normalized spacial score (nSPS) is 34.2. The summed E-state index contributed by atoms with van der Waals surface area (Å²) in [6.45, 7) is 4.67. The highest BCUT2D eigenvalue weighted by molar-refractivity contribution is 4.76. The number of rotatable bonds is 2. The smallest absolute Gasteiger partial charge is 0.00415 e. The molecule has 72 valence electrons. The van der Waals surface area contributed by atoms with E-state index in [1.807, 2.05) is 0 Å². The molecular formula is C11H23N. The van der Waals surface area contributed by atoms with Crippen molar-refractivity contribution in [1.82, 2.24) is 0 Å². The average molecular weight is 169 g/mol. The van der Waals surface area contributed by atoms with Gasteiger partial charge >= 0.3 is 0 Å². The minimum atomic E-state index is 0.492. The molecule has 1 fully saturated rings. The van der Waals surface area contributed by atoms with Gasteiger partial charge in [-0.25, -0.2) is 0 Å². The second-order valence-electron chi connectivity index (χ2n) is 4.43. The highest BCUT2D eigenvalue weighted by Crippen LogP contribution is 2.29. The van der Waals surface area contributed by atoms with Crippen molar-refractivity contribution in [2.75, 3.05) is 0 Å². The molecule has 1 saturated carbocycles. The zero-order valence-corrected chi connectivity index (χ0v) is 8.55. The molecule has 0 heterocycles. The first-order valence-electron chi connectivity index (χ1n) is 5.49. The molecule has 0 aromatic heterocycles. The van der Waals surface area contributed by atoms with E-state index in [2.05, 4.69) is 13.8 Å². The van der Waals surface area contributed by atoms with Gasteiger partial charge in [0.1, 0.15) is 0 Å². The molecule has 0 bridgehead atoms. The van der Waals surface area contributed by atoms with E-state index in [4.69, 9.17) is 5.73 Å². The summed E-state index contributed by atoms with van der Waals surface area (Å²) in [7, 11) is 0. The van der Waals surface area contributed by atoms with Gasteiger partial charge in [0.2, 0.25) is 0 Å². The third-order valence-corrected chi connectivity index (χ3v) is 3.45. The van der Waals surface area contributed by atoms with E-state index in [-0.39, 0.29) is 0 Å². The van der Waals surface area contributed by atoms with Crippen molar-refractivity contribution in [3.8, 4) is 0 Å². The highest BCUT2D eigenvalue weighted by atomic mass is 14.6. The van der Waals surface area contributed by atoms with Crippen LogP contribution in [0.2, 0.25) is 0 Å². The van der Waals surface area contributed by atoms with Crippen LogP contribution in [0.3, 0.4) is 0 Å². The lowest BCUT2D eigenvalue weighted by Gasteiger charge is -2.22. The summed E-state index contributed by atoms with van der Waals surface area (Å²) in [5, 5.41) is 0. The van der Waals surface area contributed by atoms with E-state index in [1.54, 1.807) is 0 Å². The Labute approximate surface area is 76.7 Å². The Bertz CT molecular complexity index is 122. The average Bonchev–Trinajstić information content (AvgIpc) is 2.28. The van der Waals surface area contributed by atoms with E-state index < -0.39 is 0 Å².